The summed E-state index contributed by atoms with van der Waals surface area (Å²) in [4.78, 5) is 0. The molecule has 108 valence electrons. The average Bonchev–Trinajstić information content (AvgIpc) is 2.53. The lowest BCUT2D eigenvalue weighted by molar-refractivity contribution is 0.104. The minimum Gasteiger partial charge on any atom is -0.493 e. The van der Waals surface area contributed by atoms with E-state index in [1.165, 1.54) is 19.2 Å². The highest BCUT2D eigenvalue weighted by atomic mass is 19.1. The van der Waals surface area contributed by atoms with Crippen molar-refractivity contribution in [2.45, 2.75) is 6.10 Å². The van der Waals surface area contributed by atoms with Crippen molar-refractivity contribution in [3.05, 3.63) is 59.4 Å². The smallest absolute Gasteiger partial charge is 0.197 e. The van der Waals surface area contributed by atoms with E-state index in [4.69, 9.17) is 14.7 Å². The van der Waals surface area contributed by atoms with Gasteiger partial charge in [-0.05, 0) is 29.8 Å². The van der Waals surface area contributed by atoms with Gasteiger partial charge in [0.05, 0.1) is 18.7 Å². The second-order valence-corrected chi connectivity index (χ2v) is 4.33. The number of hydrogen-bond donors (Lipinski definition) is 1. The van der Waals surface area contributed by atoms with E-state index >= 15 is 0 Å². The van der Waals surface area contributed by atoms with Crippen LogP contribution in [-0.2, 0) is 0 Å². The lowest BCUT2D eigenvalue weighted by Gasteiger charge is -2.15. The molecule has 0 fully saturated rings. The zero-order valence-electron chi connectivity index (χ0n) is 11.4. The maximum absolute atomic E-state index is 13.7. The predicted octanol–water partition coefficient (Wildman–Crippen LogP) is 2.82. The third kappa shape index (κ3) is 3.50. The monoisotopic (exact) mass is 287 g/mol. The summed E-state index contributed by atoms with van der Waals surface area (Å²) in [5, 5.41) is 18.7. The Balaban J connectivity index is 2.07. The molecule has 0 heterocycles. The number of aliphatic hydroxyl groups excluding tert-OH is 1. The number of aliphatic hydroxyl groups is 1. The molecule has 1 N–H and O–H groups in total. The number of methoxy groups -OCH3 is 1. The molecular formula is C16H14FNO3. The fourth-order valence-corrected chi connectivity index (χ4v) is 1.83. The lowest BCUT2D eigenvalue weighted by atomic mass is 10.1. The number of ether oxygens (including phenoxy) is 2. The first-order valence-electron chi connectivity index (χ1n) is 6.29. The minimum absolute atomic E-state index is 0.0345. The van der Waals surface area contributed by atoms with Crippen LogP contribution in [0.3, 0.4) is 0 Å². The van der Waals surface area contributed by atoms with E-state index < -0.39 is 11.9 Å². The van der Waals surface area contributed by atoms with Crippen molar-refractivity contribution in [2.75, 3.05) is 13.7 Å². The van der Waals surface area contributed by atoms with Crippen LogP contribution in [0, 0.1) is 17.1 Å². The zero-order chi connectivity index (χ0) is 15.2. The van der Waals surface area contributed by atoms with E-state index in [0.717, 1.165) is 0 Å². The van der Waals surface area contributed by atoms with Gasteiger partial charge in [-0.25, -0.2) is 4.39 Å². The standard InChI is InChI=1S/C16H14FNO3/c1-20-15-4-2-3-13(17)16(15)21-10-14(19)12-7-5-11(9-18)6-8-12/h2-8,14,19H,10H2,1H3. The topological polar surface area (TPSA) is 62.5 Å². The number of rotatable bonds is 5. The van der Waals surface area contributed by atoms with Gasteiger partial charge in [-0.2, -0.15) is 5.26 Å². The third-order valence-electron chi connectivity index (χ3n) is 2.96. The van der Waals surface area contributed by atoms with Crippen LogP contribution >= 0.6 is 0 Å². The Kier molecular flexibility index (Phi) is 4.75. The fourth-order valence-electron chi connectivity index (χ4n) is 1.83. The summed E-state index contributed by atoms with van der Waals surface area (Å²) >= 11 is 0. The van der Waals surface area contributed by atoms with Gasteiger partial charge in [-0.3, -0.25) is 0 Å². The fraction of sp³-hybridized carbons (Fsp3) is 0.188. The highest BCUT2D eigenvalue weighted by Gasteiger charge is 2.14. The van der Waals surface area contributed by atoms with E-state index in [1.807, 2.05) is 6.07 Å². The Morgan fingerprint density at radius 3 is 2.57 bits per heavy atom. The average molecular weight is 287 g/mol. The van der Waals surface area contributed by atoms with Crippen molar-refractivity contribution in [1.82, 2.24) is 0 Å². The van der Waals surface area contributed by atoms with Crippen LogP contribution in [0.15, 0.2) is 42.5 Å². The lowest BCUT2D eigenvalue weighted by Crippen LogP contribution is -2.11. The molecule has 0 bridgehead atoms. The zero-order valence-corrected chi connectivity index (χ0v) is 11.4. The van der Waals surface area contributed by atoms with E-state index in [-0.39, 0.29) is 18.1 Å². The number of nitrogens with zero attached hydrogens (tertiary/aromatic N) is 1. The molecule has 4 nitrogen and oxygen atoms in total. The van der Waals surface area contributed by atoms with Gasteiger partial charge in [0.1, 0.15) is 12.7 Å². The van der Waals surface area contributed by atoms with E-state index in [1.54, 1.807) is 30.3 Å². The number of halogens is 1. The highest BCUT2D eigenvalue weighted by Crippen LogP contribution is 2.30. The molecule has 21 heavy (non-hydrogen) atoms. The molecule has 0 aromatic heterocycles. The maximum Gasteiger partial charge on any atom is 0.197 e. The van der Waals surface area contributed by atoms with Crippen molar-refractivity contribution < 1.29 is 19.0 Å². The number of nitriles is 1. The summed E-state index contributed by atoms with van der Waals surface area (Å²) in [6.07, 6.45) is -0.929. The molecule has 5 heteroatoms. The second kappa shape index (κ2) is 6.73. The van der Waals surface area contributed by atoms with Crippen LogP contribution < -0.4 is 9.47 Å². The number of hydrogen-bond acceptors (Lipinski definition) is 4. The van der Waals surface area contributed by atoms with E-state index in [2.05, 4.69) is 0 Å². The summed E-state index contributed by atoms with van der Waals surface area (Å²) in [6.45, 7) is -0.122. The molecule has 2 rings (SSSR count). The molecule has 2 aromatic rings. The third-order valence-corrected chi connectivity index (χ3v) is 2.96. The molecule has 0 spiro atoms. The summed E-state index contributed by atoms with van der Waals surface area (Å²) in [5.41, 5.74) is 1.09. The highest BCUT2D eigenvalue weighted by molar-refractivity contribution is 5.41. The van der Waals surface area contributed by atoms with Gasteiger partial charge < -0.3 is 14.6 Å². The van der Waals surface area contributed by atoms with Gasteiger partial charge in [0.15, 0.2) is 17.3 Å². The summed E-state index contributed by atoms with van der Waals surface area (Å²) in [6, 6.07) is 12.8. The molecular weight excluding hydrogens is 273 g/mol. The summed E-state index contributed by atoms with van der Waals surface area (Å²) in [5.74, 6) is -0.323. The molecule has 0 saturated carbocycles. The maximum atomic E-state index is 13.7. The number of para-hydroxylation sites is 1. The van der Waals surface area contributed by atoms with Gasteiger partial charge in [-0.1, -0.05) is 18.2 Å². The Morgan fingerprint density at radius 1 is 1.24 bits per heavy atom. The molecule has 0 aliphatic carbocycles. The summed E-state index contributed by atoms with van der Waals surface area (Å²) < 4.78 is 24.0. The Morgan fingerprint density at radius 2 is 1.95 bits per heavy atom. The van der Waals surface area contributed by atoms with Crippen molar-refractivity contribution in [1.29, 1.82) is 5.26 Å². The van der Waals surface area contributed by atoms with Gasteiger partial charge in [0.2, 0.25) is 0 Å². The van der Waals surface area contributed by atoms with E-state index in [0.29, 0.717) is 11.1 Å². The Hall–Kier alpha value is -2.58. The first-order chi connectivity index (χ1) is 10.2. The molecule has 1 atom stereocenters. The molecule has 0 amide bonds. The molecule has 0 aliphatic heterocycles. The van der Waals surface area contributed by atoms with Crippen LogP contribution in [0.25, 0.3) is 0 Å². The van der Waals surface area contributed by atoms with Crippen molar-refractivity contribution in [2.24, 2.45) is 0 Å². The van der Waals surface area contributed by atoms with Crippen LogP contribution in [0.4, 0.5) is 4.39 Å². The molecule has 0 radical (unpaired) electrons. The van der Waals surface area contributed by atoms with Crippen LogP contribution in [-0.4, -0.2) is 18.8 Å². The van der Waals surface area contributed by atoms with Crippen molar-refractivity contribution in [3.8, 4) is 17.6 Å². The van der Waals surface area contributed by atoms with Crippen LogP contribution in [0.5, 0.6) is 11.5 Å². The van der Waals surface area contributed by atoms with Crippen LogP contribution in [0.2, 0.25) is 0 Å². The number of benzene rings is 2. The van der Waals surface area contributed by atoms with Gasteiger partial charge >= 0.3 is 0 Å². The van der Waals surface area contributed by atoms with Crippen molar-refractivity contribution >= 4 is 0 Å². The normalized spacial score (nSPS) is 11.5. The Labute approximate surface area is 122 Å². The van der Waals surface area contributed by atoms with Crippen molar-refractivity contribution in [3.63, 3.8) is 0 Å². The largest absolute Gasteiger partial charge is 0.493 e. The first-order valence-corrected chi connectivity index (χ1v) is 6.29. The summed E-state index contributed by atoms with van der Waals surface area (Å²) in [7, 11) is 1.42. The molecule has 0 aliphatic rings. The predicted molar refractivity (Wildman–Crippen MR) is 74.6 cm³/mol. The minimum atomic E-state index is -0.929. The van der Waals surface area contributed by atoms with E-state index in [9.17, 15) is 9.50 Å². The molecule has 2 aromatic carbocycles. The van der Waals surface area contributed by atoms with Gasteiger partial charge in [0, 0.05) is 0 Å². The first kappa shape index (κ1) is 14.8. The SMILES string of the molecule is COc1cccc(F)c1OCC(O)c1ccc(C#N)cc1. The Bertz CT molecular complexity index is 650. The van der Waals surface area contributed by atoms with Crippen LogP contribution in [0.1, 0.15) is 17.2 Å². The van der Waals surface area contributed by atoms with Gasteiger partial charge in [0.25, 0.3) is 0 Å². The molecule has 0 saturated heterocycles. The quantitative estimate of drug-likeness (QED) is 0.918. The molecule has 1 unspecified atom stereocenters. The van der Waals surface area contributed by atoms with Gasteiger partial charge in [-0.15, -0.1) is 0 Å². The second-order valence-electron chi connectivity index (χ2n) is 4.33.